The minimum Gasteiger partial charge on any atom is -0.368 e. The van der Waals surface area contributed by atoms with Crippen LogP contribution in [0.3, 0.4) is 0 Å². The molecule has 2 aromatic rings. The molecule has 1 N–H and O–H groups in total. The van der Waals surface area contributed by atoms with Crippen molar-refractivity contribution >= 4 is 23.0 Å². The number of nitrogens with zero attached hydrogens (tertiary/aromatic N) is 4. The van der Waals surface area contributed by atoms with E-state index in [2.05, 4.69) is 63.2 Å². The summed E-state index contributed by atoms with van der Waals surface area (Å²) in [5.74, 6) is 1.00. The number of thiazole rings is 1. The highest BCUT2D eigenvalue weighted by Gasteiger charge is 2.19. The predicted octanol–water partition coefficient (Wildman–Crippen LogP) is 2.95. The summed E-state index contributed by atoms with van der Waals surface area (Å²) in [5, 5.41) is 4.71. The molecular weight excluding hydrogens is 342 g/mol. The highest BCUT2D eigenvalue weighted by Crippen LogP contribution is 2.18. The normalized spacial score (nSPS) is 15.4. The molecule has 6 heteroatoms. The first-order chi connectivity index (χ1) is 12.7. The number of aryl methyl sites for hydroxylation is 2. The number of anilines is 1. The Balaban J connectivity index is 1.47. The van der Waals surface area contributed by atoms with Crippen LogP contribution in [0.5, 0.6) is 0 Å². The summed E-state index contributed by atoms with van der Waals surface area (Å²) >= 11 is 1.82. The zero-order valence-electron chi connectivity index (χ0n) is 16.0. The zero-order chi connectivity index (χ0) is 18.4. The Morgan fingerprint density at radius 3 is 2.73 bits per heavy atom. The van der Waals surface area contributed by atoms with Crippen LogP contribution in [-0.4, -0.2) is 55.6 Å². The highest BCUT2D eigenvalue weighted by atomic mass is 32.1. The van der Waals surface area contributed by atoms with Gasteiger partial charge in [0.25, 0.3) is 0 Å². The van der Waals surface area contributed by atoms with Crippen molar-refractivity contribution in [1.82, 2.24) is 15.2 Å². The molecule has 1 aromatic heterocycles. The Labute approximate surface area is 160 Å². The maximum Gasteiger partial charge on any atom is 0.193 e. The molecule has 1 aromatic carbocycles. The fraction of sp³-hybridized carbons (Fsp3) is 0.500. The number of hydrogen-bond acceptors (Lipinski definition) is 4. The average molecular weight is 372 g/mol. The van der Waals surface area contributed by atoms with Gasteiger partial charge >= 0.3 is 0 Å². The fourth-order valence-corrected chi connectivity index (χ4v) is 4.10. The van der Waals surface area contributed by atoms with Gasteiger partial charge in [0, 0.05) is 63.0 Å². The molecule has 1 fully saturated rings. The molecule has 1 saturated heterocycles. The van der Waals surface area contributed by atoms with E-state index < -0.39 is 0 Å². The summed E-state index contributed by atoms with van der Waals surface area (Å²) in [6.45, 7) is 9.23. The van der Waals surface area contributed by atoms with Crippen LogP contribution in [0.2, 0.25) is 0 Å². The number of benzene rings is 1. The Bertz CT molecular complexity index is 731. The molecular formula is C20H29N5S. The van der Waals surface area contributed by atoms with Gasteiger partial charge in [0.05, 0.1) is 5.01 Å². The lowest BCUT2D eigenvalue weighted by atomic mass is 10.2. The topological polar surface area (TPSA) is 43.8 Å². The number of hydrogen-bond donors (Lipinski definition) is 1. The summed E-state index contributed by atoms with van der Waals surface area (Å²) < 4.78 is 0. The maximum atomic E-state index is 4.49. The first-order valence-electron chi connectivity index (χ1n) is 9.40. The van der Waals surface area contributed by atoms with Gasteiger partial charge in [-0.2, -0.15) is 0 Å². The van der Waals surface area contributed by atoms with Crippen LogP contribution in [0.4, 0.5) is 5.69 Å². The second-order valence-corrected chi connectivity index (χ2v) is 7.81. The van der Waals surface area contributed by atoms with Crippen molar-refractivity contribution in [3.05, 3.63) is 45.9 Å². The summed E-state index contributed by atoms with van der Waals surface area (Å²) in [6.07, 6.45) is 4.02. The van der Waals surface area contributed by atoms with Crippen LogP contribution in [0, 0.1) is 6.92 Å². The van der Waals surface area contributed by atoms with Crippen molar-refractivity contribution in [3.8, 4) is 0 Å². The number of aromatic nitrogens is 1. The number of nitrogens with one attached hydrogen (secondary N) is 1. The maximum absolute atomic E-state index is 4.49. The fourth-order valence-electron chi connectivity index (χ4n) is 3.24. The van der Waals surface area contributed by atoms with Crippen molar-refractivity contribution in [1.29, 1.82) is 0 Å². The summed E-state index contributed by atoms with van der Waals surface area (Å²) in [5.41, 5.74) is 2.64. The largest absolute Gasteiger partial charge is 0.368 e. The second kappa shape index (κ2) is 9.03. The van der Waals surface area contributed by atoms with E-state index in [4.69, 9.17) is 0 Å². The number of aliphatic imine (C=N–C) groups is 1. The lowest BCUT2D eigenvalue weighted by molar-refractivity contribution is 0.373. The molecule has 1 aliphatic rings. The van der Waals surface area contributed by atoms with Gasteiger partial charge < -0.3 is 15.1 Å². The molecule has 0 unspecified atom stereocenters. The molecule has 26 heavy (non-hydrogen) atoms. The Morgan fingerprint density at radius 2 is 2.08 bits per heavy atom. The van der Waals surface area contributed by atoms with Crippen molar-refractivity contribution in [3.63, 3.8) is 0 Å². The van der Waals surface area contributed by atoms with Crippen LogP contribution >= 0.6 is 11.3 Å². The molecule has 0 radical (unpaired) electrons. The van der Waals surface area contributed by atoms with E-state index in [1.54, 1.807) is 0 Å². The third-order valence-electron chi connectivity index (χ3n) is 4.73. The molecule has 0 saturated carbocycles. The molecule has 5 nitrogen and oxygen atoms in total. The van der Waals surface area contributed by atoms with E-state index >= 15 is 0 Å². The van der Waals surface area contributed by atoms with E-state index in [1.165, 1.54) is 21.1 Å². The molecule has 1 aliphatic heterocycles. The van der Waals surface area contributed by atoms with Crippen LogP contribution in [0.1, 0.15) is 22.4 Å². The zero-order valence-corrected chi connectivity index (χ0v) is 16.9. The van der Waals surface area contributed by atoms with Crippen molar-refractivity contribution < 1.29 is 0 Å². The van der Waals surface area contributed by atoms with E-state index in [9.17, 15) is 0 Å². The molecule has 0 amide bonds. The van der Waals surface area contributed by atoms with Gasteiger partial charge in [-0.25, -0.2) is 4.98 Å². The molecule has 0 atom stereocenters. The van der Waals surface area contributed by atoms with E-state index in [1.807, 2.05) is 24.6 Å². The Hall–Kier alpha value is -2.08. The summed E-state index contributed by atoms with van der Waals surface area (Å²) in [6, 6.07) is 8.76. The smallest absolute Gasteiger partial charge is 0.193 e. The van der Waals surface area contributed by atoms with Gasteiger partial charge in [-0.05, 0) is 31.0 Å². The number of rotatable bonds is 5. The Morgan fingerprint density at radius 1 is 1.27 bits per heavy atom. The van der Waals surface area contributed by atoms with Gasteiger partial charge in [-0.15, -0.1) is 11.3 Å². The quantitative estimate of drug-likeness (QED) is 0.648. The third kappa shape index (κ3) is 4.75. The lowest BCUT2D eigenvalue weighted by Gasteiger charge is -2.37. The molecule has 3 rings (SSSR count). The van der Waals surface area contributed by atoms with Crippen LogP contribution in [-0.2, 0) is 12.8 Å². The first-order valence-corrected chi connectivity index (χ1v) is 10.2. The highest BCUT2D eigenvalue weighted by molar-refractivity contribution is 7.11. The van der Waals surface area contributed by atoms with Gasteiger partial charge in [0.15, 0.2) is 5.96 Å². The van der Waals surface area contributed by atoms with Crippen LogP contribution < -0.4 is 10.2 Å². The lowest BCUT2D eigenvalue weighted by Crippen LogP contribution is -2.52. The van der Waals surface area contributed by atoms with Crippen molar-refractivity contribution in [2.75, 3.05) is 44.7 Å². The van der Waals surface area contributed by atoms with Gasteiger partial charge in [-0.3, -0.25) is 4.99 Å². The minimum atomic E-state index is 0.876. The van der Waals surface area contributed by atoms with Gasteiger partial charge in [0.1, 0.15) is 0 Å². The average Bonchev–Trinajstić information content (AvgIpc) is 3.13. The monoisotopic (exact) mass is 371 g/mol. The standard InChI is InChI=1S/C20H29N5S/c1-4-18-15-23-19(26-18)8-9-22-20(21-3)25-12-10-24(11-13-25)17-7-5-6-16(2)14-17/h5-7,14-15H,4,8-13H2,1-3H3,(H,21,22). The van der Waals surface area contributed by atoms with Gasteiger partial charge in [-0.1, -0.05) is 19.1 Å². The molecule has 0 spiro atoms. The molecule has 140 valence electrons. The number of guanidine groups is 1. The first kappa shape index (κ1) is 18.7. The third-order valence-corrected chi connectivity index (χ3v) is 5.93. The minimum absolute atomic E-state index is 0.876. The van der Waals surface area contributed by atoms with Crippen molar-refractivity contribution in [2.24, 2.45) is 4.99 Å². The van der Waals surface area contributed by atoms with Gasteiger partial charge in [0.2, 0.25) is 0 Å². The van der Waals surface area contributed by atoms with Crippen molar-refractivity contribution in [2.45, 2.75) is 26.7 Å². The molecule has 2 heterocycles. The SMILES string of the molecule is CCc1cnc(CCNC(=NC)N2CCN(c3cccc(C)c3)CC2)s1. The van der Waals surface area contributed by atoms with E-state index in [0.717, 1.165) is 51.5 Å². The molecule has 0 aliphatic carbocycles. The second-order valence-electron chi connectivity index (χ2n) is 6.61. The molecule has 0 bridgehead atoms. The van der Waals surface area contributed by atoms with Crippen LogP contribution in [0.25, 0.3) is 0 Å². The van der Waals surface area contributed by atoms with E-state index in [-0.39, 0.29) is 0 Å². The van der Waals surface area contributed by atoms with E-state index in [0.29, 0.717) is 0 Å². The van der Waals surface area contributed by atoms with Crippen LogP contribution in [0.15, 0.2) is 35.5 Å². The summed E-state index contributed by atoms with van der Waals surface area (Å²) in [7, 11) is 1.87. The Kier molecular flexibility index (Phi) is 6.50. The summed E-state index contributed by atoms with van der Waals surface area (Å²) in [4.78, 5) is 15.1. The number of piperazine rings is 1. The predicted molar refractivity (Wildman–Crippen MR) is 112 cm³/mol.